The summed E-state index contributed by atoms with van der Waals surface area (Å²) < 4.78 is 43.4. The van der Waals surface area contributed by atoms with Crippen LogP contribution in [0.5, 0.6) is 0 Å². The first kappa shape index (κ1) is 15.1. The van der Waals surface area contributed by atoms with E-state index in [1.54, 1.807) is 6.92 Å². The normalized spacial score (nSPS) is 11.9. The Labute approximate surface area is 107 Å². The number of rotatable bonds is 8. The van der Waals surface area contributed by atoms with Crippen LogP contribution in [0.3, 0.4) is 0 Å². The molecule has 0 radical (unpaired) electrons. The van der Waals surface area contributed by atoms with Gasteiger partial charge >= 0.3 is 0 Å². The average Bonchev–Trinajstić information content (AvgIpc) is 2.69. The number of nitrogens with one attached hydrogen (secondary N) is 2. The van der Waals surface area contributed by atoms with Crippen LogP contribution in [0.2, 0.25) is 0 Å². The lowest BCUT2D eigenvalue weighted by Crippen LogP contribution is -2.25. The summed E-state index contributed by atoms with van der Waals surface area (Å²) in [5.41, 5.74) is 0. The van der Waals surface area contributed by atoms with Crippen LogP contribution in [0.15, 0.2) is 15.4 Å². The van der Waals surface area contributed by atoms with Gasteiger partial charge in [-0.25, -0.2) is 13.1 Å². The maximum Gasteiger partial charge on any atom is 0.244 e. The van der Waals surface area contributed by atoms with Gasteiger partial charge in [-0.05, 0) is 19.9 Å². The third-order valence-corrected chi connectivity index (χ3v) is 3.93. The second-order valence-corrected chi connectivity index (χ2v) is 5.59. The van der Waals surface area contributed by atoms with Gasteiger partial charge in [0.15, 0.2) is 0 Å². The third-order valence-electron chi connectivity index (χ3n) is 2.36. The summed E-state index contributed by atoms with van der Waals surface area (Å²) in [4.78, 5) is 0.120. The molecule has 2 N–H and O–H groups in total. The molecule has 5 nitrogen and oxygen atoms in total. The van der Waals surface area contributed by atoms with Crippen LogP contribution in [0.25, 0.3) is 0 Å². The van der Waals surface area contributed by atoms with Crippen molar-refractivity contribution in [2.24, 2.45) is 0 Å². The molecule has 0 fully saturated rings. The smallest absolute Gasteiger partial charge is 0.244 e. The molecule has 0 aliphatic carbocycles. The molecule has 0 aromatic carbocycles. The molecule has 1 heterocycles. The Bertz CT molecular complexity index is 471. The maximum atomic E-state index is 11.9. The van der Waals surface area contributed by atoms with Crippen LogP contribution in [0.4, 0.5) is 4.39 Å². The Morgan fingerprint density at radius 1 is 1.44 bits per heavy atom. The molecule has 104 valence electrons. The van der Waals surface area contributed by atoms with E-state index in [-0.39, 0.29) is 17.9 Å². The standard InChI is InChI=1S/C11H19FN2O3S/c1-3-13-8-10-7-11(9(2)17-10)18(15,16)14-6-4-5-12/h7,13-14H,3-6,8H2,1-2H3. The van der Waals surface area contributed by atoms with Gasteiger partial charge in [-0.2, -0.15) is 0 Å². The number of hydrogen-bond acceptors (Lipinski definition) is 4. The highest BCUT2D eigenvalue weighted by molar-refractivity contribution is 7.89. The Kier molecular flexibility index (Phi) is 5.77. The molecule has 1 aromatic heterocycles. The molecule has 0 saturated carbocycles. The molecule has 0 amide bonds. The van der Waals surface area contributed by atoms with Gasteiger partial charge in [0.25, 0.3) is 0 Å². The van der Waals surface area contributed by atoms with Crippen molar-refractivity contribution in [2.45, 2.75) is 31.7 Å². The summed E-state index contributed by atoms with van der Waals surface area (Å²) in [6.07, 6.45) is 0.167. The van der Waals surface area contributed by atoms with Gasteiger partial charge in [-0.1, -0.05) is 6.92 Å². The lowest BCUT2D eigenvalue weighted by Gasteiger charge is -2.03. The topological polar surface area (TPSA) is 71.3 Å². The first-order valence-corrected chi connectivity index (χ1v) is 7.35. The molecule has 18 heavy (non-hydrogen) atoms. The fourth-order valence-electron chi connectivity index (χ4n) is 1.48. The molecule has 0 spiro atoms. The average molecular weight is 278 g/mol. The second-order valence-electron chi connectivity index (χ2n) is 3.85. The van der Waals surface area contributed by atoms with Crippen molar-refractivity contribution in [1.29, 1.82) is 0 Å². The SMILES string of the molecule is CCNCc1cc(S(=O)(=O)NCCCF)c(C)o1. The molecule has 7 heteroatoms. The van der Waals surface area contributed by atoms with Gasteiger partial charge in [0, 0.05) is 12.6 Å². The van der Waals surface area contributed by atoms with Crippen LogP contribution < -0.4 is 10.0 Å². The minimum absolute atomic E-state index is 0.0893. The zero-order valence-electron chi connectivity index (χ0n) is 10.6. The van der Waals surface area contributed by atoms with E-state index in [4.69, 9.17) is 4.42 Å². The molecule has 1 rings (SSSR count). The van der Waals surface area contributed by atoms with Gasteiger partial charge in [0.05, 0.1) is 13.2 Å². The van der Waals surface area contributed by atoms with Crippen molar-refractivity contribution in [3.63, 3.8) is 0 Å². The summed E-state index contributed by atoms with van der Waals surface area (Å²) in [6, 6.07) is 1.50. The molecule has 0 atom stereocenters. The van der Waals surface area contributed by atoms with Gasteiger partial charge < -0.3 is 9.73 Å². The zero-order chi connectivity index (χ0) is 13.6. The van der Waals surface area contributed by atoms with E-state index in [9.17, 15) is 12.8 Å². The number of sulfonamides is 1. The van der Waals surface area contributed by atoms with Crippen molar-refractivity contribution in [3.8, 4) is 0 Å². The second kappa shape index (κ2) is 6.86. The summed E-state index contributed by atoms with van der Waals surface area (Å²) in [6.45, 7) is 4.35. The van der Waals surface area contributed by atoms with E-state index < -0.39 is 16.7 Å². The van der Waals surface area contributed by atoms with E-state index in [1.165, 1.54) is 6.07 Å². The van der Waals surface area contributed by atoms with Gasteiger partial charge in [-0.15, -0.1) is 0 Å². The van der Waals surface area contributed by atoms with Gasteiger partial charge in [0.1, 0.15) is 16.4 Å². The molecule has 0 aliphatic rings. The maximum absolute atomic E-state index is 11.9. The zero-order valence-corrected chi connectivity index (χ0v) is 11.4. The van der Waals surface area contributed by atoms with Crippen molar-refractivity contribution < 1.29 is 17.2 Å². The van der Waals surface area contributed by atoms with Crippen LogP contribution in [0, 0.1) is 6.92 Å². The molecule has 0 bridgehead atoms. The van der Waals surface area contributed by atoms with E-state index in [0.29, 0.717) is 18.1 Å². The Morgan fingerprint density at radius 2 is 2.17 bits per heavy atom. The van der Waals surface area contributed by atoms with Crippen LogP contribution in [-0.2, 0) is 16.6 Å². The molecule has 0 saturated heterocycles. The number of aryl methyl sites for hydroxylation is 1. The van der Waals surface area contributed by atoms with Crippen molar-refractivity contribution in [2.75, 3.05) is 19.8 Å². The van der Waals surface area contributed by atoms with E-state index in [2.05, 4.69) is 10.0 Å². The number of halogens is 1. The summed E-state index contributed by atoms with van der Waals surface area (Å²) in [7, 11) is -3.61. The minimum Gasteiger partial charge on any atom is -0.464 e. The number of furan rings is 1. The van der Waals surface area contributed by atoms with Crippen molar-refractivity contribution >= 4 is 10.0 Å². The Morgan fingerprint density at radius 3 is 2.78 bits per heavy atom. The fraction of sp³-hybridized carbons (Fsp3) is 0.636. The van der Waals surface area contributed by atoms with E-state index in [0.717, 1.165) is 6.54 Å². The lowest BCUT2D eigenvalue weighted by atomic mass is 10.4. The number of hydrogen-bond donors (Lipinski definition) is 2. The predicted octanol–water partition coefficient (Wildman–Crippen LogP) is 1.34. The summed E-state index contributed by atoms with van der Waals surface area (Å²) >= 11 is 0. The lowest BCUT2D eigenvalue weighted by molar-refractivity contribution is 0.459. The molecule has 0 unspecified atom stereocenters. The fourth-order valence-corrected chi connectivity index (χ4v) is 2.75. The summed E-state index contributed by atoms with van der Waals surface area (Å²) in [5, 5.41) is 3.05. The van der Waals surface area contributed by atoms with Gasteiger partial charge in [0.2, 0.25) is 10.0 Å². The first-order chi connectivity index (χ1) is 8.51. The first-order valence-electron chi connectivity index (χ1n) is 5.87. The highest BCUT2D eigenvalue weighted by Gasteiger charge is 2.20. The van der Waals surface area contributed by atoms with Crippen molar-refractivity contribution in [3.05, 3.63) is 17.6 Å². The van der Waals surface area contributed by atoms with E-state index in [1.807, 2.05) is 6.92 Å². The van der Waals surface area contributed by atoms with Gasteiger partial charge in [-0.3, -0.25) is 4.39 Å². The highest BCUT2D eigenvalue weighted by atomic mass is 32.2. The molecule has 1 aromatic rings. The highest BCUT2D eigenvalue weighted by Crippen LogP contribution is 2.19. The summed E-state index contributed by atoms with van der Waals surface area (Å²) in [5.74, 6) is 0.913. The minimum atomic E-state index is -3.61. The Hall–Kier alpha value is -0.920. The largest absolute Gasteiger partial charge is 0.464 e. The molecular weight excluding hydrogens is 259 g/mol. The van der Waals surface area contributed by atoms with E-state index >= 15 is 0 Å². The van der Waals surface area contributed by atoms with Crippen LogP contribution in [-0.4, -0.2) is 28.2 Å². The monoisotopic (exact) mass is 278 g/mol. The molecule has 0 aliphatic heterocycles. The molecular formula is C11H19FN2O3S. The quantitative estimate of drug-likeness (QED) is 0.704. The predicted molar refractivity (Wildman–Crippen MR) is 66.6 cm³/mol. The Balaban J connectivity index is 2.78. The van der Waals surface area contributed by atoms with Crippen LogP contribution >= 0.6 is 0 Å². The number of alkyl halides is 1. The van der Waals surface area contributed by atoms with Crippen LogP contribution in [0.1, 0.15) is 24.9 Å². The van der Waals surface area contributed by atoms with Crippen molar-refractivity contribution in [1.82, 2.24) is 10.0 Å². The third kappa shape index (κ3) is 4.08.